The van der Waals surface area contributed by atoms with Gasteiger partial charge in [-0.15, -0.1) is 24.0 Å². The van der Waals surface area contributed by atoms with E-state index in [-0.39, 0.29) is 35.5 Å². The van der Waals surface area contributed by atoms with Crippen molar-refractivity contribution in [1.82, 2.24) is 20.5 Å². The van der Waals surface area contributed by atoms with Crippen LogP contribution in [0.3, 0.4) is 0 Å². The maximum Gasteiger partial charge on any atom is 0.410 e. The van der Waals surface area contributed by atoms with Gasteiger partial charge in [-0.3, -0.25) is 0 Å². The normalized spacial score (nSPS) is 12.2. The molecular weight excluding hydrogens is 497 g/mol. The van der Waals surface area contributed by atoms with Crippen molar-refractivity contribution < 1.29 is 13.9 Å². The Balaban J connectivity index is 0.00000841. The molecule has 0 aliphatic heterocycles. The Kier molecular flexibility index (Phi) is 12.4. The van der Waals surface area contributed by atoms with Crippen molar-refractivity contribution >= 4 is 36.0 Å². The van der Waals surface area contributed by atoms with Gasteiger partial charge in [0.1, 0.15) is 17.9 Å². The van der Waals surface area contributed by atoms with Gasteiger partial charge >= 0.3 is 6.09 Å². The van der Waals surface area contributed by atoms with Gasteiger partial charge in [0.2, 0.25) is 5.89 Å². The lowest BCUT2D eigenvalue weighted by molar-refractivity contribution is 0.0253. The van der Waals surface area contributed by atoms with E-state index < -0.39 is 5.60 Å². The van der Waals surface area contributed by atoms with Crippen LogP contribution in [0.5, 0.6) is 0 Å². The van der Waals surface area contributed by atoms with Crippen LogP contribution in [0.4, 0.5) is 4.79 Å². The number of ether oxygens (including phenoxy) is 1. The predicted molar refractivity (Wildman–Crippen MR) is 132 cm³/mol. The predicted octanol–water partition coefficient (Wildman–Crippen LogP) is 4.29. The number of aromatic nitrogens is 1. The molecule has 0 unspecified atom stereocenters. The van der Waals surface area contributed by atoms with Crippen molar-refractivity contribution in [2.75, 3.05) is 26.2 Å². The zero-order chi connectivity index (χ0) is 22.1. The summed E-state index contributed by atoms with van der Waals surface area (Å²) in [5.41, 5.74) is -0.586. The molecule has 1 rings (SSSR count). The Morgan fingerprint density at radius 2 is 1.83 bits per heavy atom. The molecule has 0 fully saturated rings. The van der Waals surface area contributed by atoms with Crippen LogP contribution in [0.25, 0.3) is 0 Å². The van der Waals surface area contributed by atoms with Crippen LogP contribution >= 0.6 is 24.0 Å². The summed E-state index contributed by atoms with van der Waals surface area (Å²) in [6, 6.07) is 0. The number of halogens is 1. The Labute approximate surface area is 198 Å². The molecule has 2 N–H and O–H groups in total. The summed E-state index contributed by atoms with van der Waals surface area (Å²) in [6.07, 6.45) is 2.33. The molecule has 1 aromatic rings. The van der Waals surface area contributed by atoms with E-state index in [0.29, 0.717) is 38.0 Å². The Morgan fingerprint density at radius 3 is 2.33 bits per heavy atom. The maximum absolute atomic E-state index is 12.4. The second-order valence-corrected chi connectivity index (χ2v) is 8.96. The molecule has 0 radical (unpaired) electrons. The van der Waals surface area contributed by atoms with E-state index in [1.807, 2.05) is 34.6 Å². The average Bonchev–Trinajstić information content (AvgIpc) is 3.06. The molecule has 0 atom stereocenters. The minimum atomic E-state index is -0.505. The molecule has 1 amide bonds. The lowest BCUT2D eigenvalue weighted by Crippen LogP contribution is -2.44. The van der Waals surface area contributed by atoms with Crippen molar-refractivity contribution in [3.63, 3.8) is 0 Å². The minimum Gasteiger partial charge on any atom is -0.444 e. The van der Waals surface area contributed by atoms with Crippen molar-refractivity contribution in [3.05, 3.63) is 17.8 Å². The van der Waals surface area contributed by atoms with Gasteiger partial charge in [-0.1, -0.05) is 27.7 Å². The molecule has 0 aromatic carbocycles. The molecule has 1 aromatic heterocycles. The average molecular weight is 537 g/mol. The van der Waals surface area contributed by atoms with E-state index in [1.54, 1.807) is 11.1 Å². The van der Waals surface area contributed by atoms with Gasteiger partial charge in [-0.05, 0) is 34.1 Å². The van der Waals surface area contributed by atoms with Gasteiger partial charge in [-0.25, -0.2) is 14.8 Å². The number of nitrogens with one attached hydrogen (secondary N) is 2. The van der Waals surface area contributed by atoms with Crippen LogP contribution in [0, 0.1) is 0 Å². The Bertz CT molecular complexity index is 662. The standard InChI is InChI=1S/C21H39N5O3.HI/c1-9-12-26(19(27)29-21(6,7)8)13-11-23-18(22-10-2)25-15-17-24-14-16(28-17)20(3,4)5;/h14H,9-13,15H2,1-8H3,(H2,22,23,25);1H. The number of amides is 1. The number of aliphatic imine (C=N–C) groups is 1. The molecule has 0 saturated heterocycles. The fraction of sp³-hybridized carbons (Fsp3) is 0.762. The molecule has 9 heteroatoms. The number of hydrogen-bond donors (Lipinski definition) is 2. The van der Waals surface area contributed by atoms with Crippen molar-refractivity contribution in [2.45, 2.75) is 79.4 Å². The third-order valence-electron chi connectivity index (χ3n) is 3.83. The summed E-state index contributed by atoms with van der Waals surface area (Å²) in [7, 11) is 0. The summed E-state index contributed by atoms with van der Waals surface area (Å²) >= 11 is 0. The van der Waals surface area contributed by atoms with Gasteiger partial charge in [0, 0.05) is 31.6 Å². The fourth-order valence-corrected chi connectivity index (χ4v) is 2.42. The second-order valence-electron chi connectivity index (χ2n) is 8.96. The highest BCUT2D eigenvalue weighted by Gasteiger charge is 2.21. The van der Waals surface area contributed by atoms with Crippen LogP contribution in [0.15, 0.2) is 15.6 Å². The van der Waals surface area contributed by atoms with E-state index in [1.165, 1.54) is 0 Å². The summed E-state index contributed by atoms with van der Waals surface area (Å²) in [6.45, 7) is 18.7. The third kappa shape index (κ3) is 11.0. The smallest absolute Gasteiger partial charge is 0.410 e. The topological polar surface area (TPSA) is 92.0 Å². The quantitative estimate of drug-likeness (QED) is 0.292. The number of nitrogens with zero attached hydrogens (tertiary/aromatic N) is 3. The monoisotopic (exact) mass is 537 g/mol. The highest BCUT2D eigenvalue weighted by molar-refractivity contribution is 14.0. The summed E-state index contributed by atoms with van der Waals surface area (Å²) < 4.78 is 11.3. The van der Waals surface area contributed by atoms with Crippen molar-refractivity contribution in [1.29, 1.82) is 0 Å². The largest absolute Gasteiger partial charge is 0.444 e. The first kappa shape index (κ1) is 28.5. The zero-order valence-electron chi connectivity index (χ0n) is 19.8. The van der Waals surface area contributed by atoms with E-state index in [4.69, 9.17) is 9.15 Å². The molecule has 0 bridgehead atoms. The van der Waals surface area contributed by atoms with E-state index in [0.717, 1.165) is 18.7 Å². The third-order valence-corrected chi connectivity index (χ3v) is 3.83. The molecule has 174 valence electrons. The highest BCUT2D eigenvalue weighted by Crippen LogP contribution is 2.22. The van der Waals surface area contributed by atoms with Crippen LogP contribution in [0.1, 0.15) is 73.5 Å². The fourth-order valence-electron chi connectivity index (χ4n) is 2.42. The van der Waals surface area contributed by atoms with Crippen LogP contribution in [-0.4, -0.2) is 53.7 Å². The van der Waals surface area contributed by atoms with Gasteiger partial charge in [0.05, 0.1) is 6.20 Å². The van der Waals surface area contributed by atoms with Crippen LogP contribution in [-0.2, 0) is 16.7 Å². The number of oxazole rings is 1. The first-order chi connectivity index (χ1) is 13.5. The second kappa shape index (κ2) is 13.0. The molecule has 1 heterocycles. The van der Waals surface area contributed by atoms with Crippen molar-refractivity contribution in [3.8, 4) is 0 Å². The number of carbonyl (C=O) groups is 1. The first-order valence-electron chi connectivity index (χ1n) is 10.4. The molecule has 0 spiro atoms. The Hall–Kier alpha value is -1.52. The number of hydrogen-bond acceptors (Lipinski definition) is 5. The first-order valence-corrected chi connectivity index (χ1v) is 10.4. The maximum atomic E-state index is 12.4. The summed E-state index contributed by atoms with van der Waals surface area (Å²) in [5, 5.41) is 6.45. The Morgan fingerprint density at radius 1 is 1.17 bits per heavy atom. The number of guanidine groups is 1. The van der Waals surface area contributed by atoms with Gasteiger partial charge in [0.25, 0.3) is 0 Å². The lowest BCUT2D eigenvalue weighted by atomic mass is 9.94. The molecular formula is C21H40IN5O3. The van der Waals surface area contributed by atoms with Crippen LogP contribution < -0.4 is 10.6 Å². The summed E-state index contributed by atoms with van der Waals surface area (Å²) in [4.78, 5) is 22.9. The molecule has 8 nitrogen and oxygen atoms in total. The van der Waals surface area contributed by atoms with Gasteiger partial charge in [-0.2, -0.15) is 0 Å². The molecule has 30 heavy (non-hydrogen) atoms. The zero-order valence-corrected chi connectivity index (χ0v) is 22.1. The highest BCUT2D eigenvalue weighted by atomic mass is 127. The molecule has 0 saturated carbocycles. The summed E-state index contributed by atoms with van der Waals surface area (Å²) in [5.74, 6) is 2.07. The van der Waals surface area contributed by atoms with E-state index >= 15 is 0 Å². The van der Waals surface area contributed by atoms with Crippen molar-refractivity contribution in [2.24, 2.45) is 4.99 Å². The van der Waals surface area contributed by atoms with E-state index in [2.05, 4.69) is 41.4 Å². The van der Waals surface area contributed by atoms with Crippen LogP contribution in [0.2, 0.25) is 0 Å². The SMILES string of the molecule is CCCN(CCNC(=NCc1ncc(C(C)(C)C)o1)NCC)C(=O)OC(C)(C)C.I. The van der Waals surface area contributed by atoms with Gasteiger partial charge < -0.3 is 24.7 Å². The molecule has 0 aliphatic rings. The minimum absolute atomic E-state index is 0. The van der Waals surface area contributed by atoms with E-state index in [9.17, 15) is 4.79 Å². The molecule has 0 aliphatic carbocycles. The number of rotatable bonds is 8. The lowest BCUT2D eigenvalue weighted by Gasteiger charge is -2.27. The van der Waals surface area contributed by atoms with Gasteiger partial charge in [0.15, 0.2) is 5.96 Å². The number of carbonyl (C=O) groups excluding carboxylic acids is 1.